The van der Waals surface area contributed by atoms with Crippen LogP contribution in [0.4, 0.5) is 0 Å². The Morgan fingerprint density at radius 3 is 1.38 bits per heavy atom. The number of aromatic nitrogens is 1. The molecule has 0 saturated carbocycles. The van der Waals surface area contributed by atoms with Crippen molar-refractivity contribution in [3.8, 4) is 0 Å². The van der Waals surface area contributed by atoms with Crippen molar-refractivity contribution in [3.05, 3.63) is 30.6 Å². The fourth-order valence-corrected chi connectivity index (χ4v) is 0.857. The molecule has 13 heavy (non-hydrogen) atoms. The number of nitrogens with zero attached hydrogens (tertiary/aromatic N) is 1. The summed E-state index contributed by atoms with van der Waals surface area (Å²) in [5, 5.41) is 0. The third kappa shape index (κ3) is 11.1. The minimum absolute atomic E-state index is 0.375. The molecule has 0 atom stereocenters. The lowest BCUT2D eigenvalue weighted by molar-refractivity contribution is 0.0300. The van der Waals surface area contributed by atoms with E-state index in [9.17, 15) is 0 Å². The van der Waals surface area contributed by atoms with Gasteiger partial charge in [0.15, 0.2) is 0 Å². The smallest absolute Gasteiger partial charge is 0.0522 e. The molecule has 74 valence electrons. The predicted molar refractivity (Wildman–Crippen MR) is 55.6 cm³/mol. The van der Waals surface area contributed by atoms with E-state index in [1.165, 1.54) is 0 Å². The summed E-state index contributed by atoms with van der Waals surface area (Å²) in [5.74, 6) is 0. The fraction of sp³-hybridized carbons (Fsp3) is 0.545. The van der Waals surface area contributed by atoms with Gasteiger partial charge in [-0.05, 0) is 39.8 Å². The van der Waals surface area contributed by atoms with E-state index in [1.54, 1.807) is 12.4 Å². The number of hydrogen-bond acceptors (Lipinski definition) is 2. The molecule has 0 amide bonds. The SMILES string of the molecule is CC(C)OC(C)C.c1ccncc1. The molecule has 1 aromatic rings. The predicted octanol–water partition coefficient (Wildman–Crippen LogP) is 2.90. The number of rotatable bonds is 2. The van der Waals surface area contributed by atoms with Crippen LogP contribution in [0, 0.1) is 0 Å². The van der Waals surface area contributed by atoms with Gasteiger partial charge in [-0.2, -0.15) is 0 Å². The Balaban J connectivity index is 0.000000223. The van der Waals surface area contributed by atoms with Crippen molar-refractivity contribution in [2.75, 3.05) is 0 Å². The molecule has 1 heterocycles. The summed E-state index contributed by atoms with van der Waals surface area (Å²) in [7, 11) is 0. The average molecular weight is 181 g/mol. The van der Waals surface area contributed by atoms with Crippen LogP contribution in [0.25, 0.3) is 0 Å². The molecule has 0 aliphatic carbocycles. The monoisotopic (exact) mass is 181 g/mol. The molecule has 0 unspecified atom stereocenters. The van der Waals surface area contributed by atoms with E-state index in [1.807, 2.05) is 45.9 Å². The van der Waals surface area contributed by atoms with Crippen LogP contribution in [0.15, 0.2) is 30.6 Å². The van der Waals surface area contributed by atoms with E-state index in [4.69, 9.17) is 4.74 Å². The molecule has 0 saturated heterocycles. The zero-order valence-electron chi connectivity index (χ0n) is 8.90. The first kappa shape index (κ1) is 12.1. The van der Waals surface area contributed by atoms with Gasteiger partial charge in [-0.25, -0.2) is 0 Å². The van der Waals surface area contributed by atoms with Crippen LogP contribution >= 0.6 is 0 Å². The molecule has 1 aromatic heterocycles. The van der Waals surface area contributed by atoms with Crippen molar-refractivity contribution < 1.29 is 4.74 Å². The van der Waals surface area contributed by atoms with Gasteiger partial charge in [-0.3, -0.25) is 4.98 Å². The molecule has 0 aliphatic rings. The van der Waals surface area contributed by atoms with Crippen molar-refractivity contribution in [1.82, 2.24) is 4.98 Å². The van der Waals surface area contributed by atoms with Gasteiger partial charge in [0.25, 0.3) is 0 Å². The second-order valence-electron chi connectivity index (χ2n) is 3.26. The second-order valence-corrected chi connectivity index (χ2v) is 3.26. The summed E-state index contributed by atoms with van der Waals surface area (Å²) >= 11 is 0. The lowest BCUT2D eigenvalue weighted by Crippen LogP contribution is -2.09. The number of ether oxygens (including phenoxy) is 1. The van der Waals surface area contributed by atoms with Crippen molar-refractivity contribution in [2.45, 2.75) is 39.9 Å². The molecule has 2 heteroatoms. The average Bonchev–Trinajstić information content (AvgIpc) is 2.06. The summed E-state index contributed by atoms with van der Waals surface area (Å²) in [6.07, 6.45) is 4.25. The van der Waals surface area contributed by atoms with Gasteiger partial charge in [0.2, 0.25) is 0 Å². The zero-order chi connectivity index (χ0) is 10.1. The Kier molecular flexibility index (Phi) is 7.21. The van der Waals surface area contributed by atoms with Gasteiger partial charge in [0.05, 0.1) is 12.2 Å². The Morgan fingerprint density at radius 2 is 1.31 bits per heavy atom. The fourth-order valence-electron chi connectivity index (χ4n) is 0.857. The molecule has 0 spiro atoms. The molecule has 0 N–H and O–H groups in total. The highest BCUT2D eigenvalue weighted by Gasteiger charge is 1.94. The molecule has 0 radical (unpaired) electrons. The van der Waals surface area contributed by atoms with Gasteiger partial charge in [0, 0.05) is 12.4 Å². The first-order valence-corrected chi connectivity index (χ1v) is 4.63. The molecular formula is C11H19NO. The lowest BCUT2D eigenvalue weighted by Gasteiger charge is -2.09. The molecule has 0 fully saturated rings. The van der Waals surface area contributed by atoms with Crippen LogP contribution in [-0.4, -0.2) is 17.2 Å². The molecule has 1 rings (SSSR count). The van der Waals surface area contributed by atoms with Gasteiger partial charge in [-0.1, -0.05) is 6.07 Å². The summed E-state index contributed by atoms with van der Waals surface area (Å²) in [6, 6.07) is 5.72. The lowest BCUT2D eigenvalue weighted by atomic mass is 10.4. The standard InChI is InChI=1S/C6H14O.C5H5N/c1-5(2)7-6(3)4;1-2-4-6-5-3-1/h5-6H,1-4H3;1-5H. The van der Waals surface area contributed by atoms with Gasteiger partial charge in [0.1, 0.15) is 0 Å². The minimum atomic E-state index is 0.375. The van der Waals surface area contributed by atoms with Gasteiger partial charge < -0.3 is 4.74 Å². The van der Waals surface area contributed by atoms with E-state index in [0.717, 1.165) is 0 Å². The molecular weight excluding hydrogens is 162 g/mol. The number of pyridine rings is 1. The van der Waals surface area contributed by atoms with Crippen LogP contribution in [0.2, 0.25) is 0 Å². The highest BCUT2D eigenvalue weighted by molar-refractivity contribution is 4.88. The molecule has 0 bridgehead atoms. The van der Waals surface area contributed by atoms with E-state index in [2.05, 4.69) is 4.98 Å². The van der Waals surface area contributed by atoms with Crippen molar-refractivity contribution in [2.24, 2.45) is 0 Å². The summed E-state index contributed by atoms with van der Waals surface area (Å²) in [5.41, 5.74) is 0. The molecule has 0 aromatic carbocycles. The van der Waals surface area contributed by atoms with Crippen LogP contribution in [0.5, 0.6) is 0 Å². The van der Waals surface area contributed by atoms with Crippen molar-refractivity contribution in [1.29, 1.82) is 0 Å². The summed E-state index contributed by atoms with van der Waals surface area (Å²) in [4.78, 5) is 3.78. The second kappa shape index (κ2) is 7.74. The van der Waals surface area contributed by atoms with Crippen LogP contribution in [-0.2, 0) is 4.74 Å². The summed E-state index contributed by atoms with van der Waals surface area (Å²) < 4.78 is 5.25. The Morgan fingerprint density at radius 1 is 0.846 bits per heavy atom. The van der Waals surface area contributed by atoms with Crippen LogP contribution in [0.3, 0.4) is 0 Å². The Hall–Kier alpha value is -0.890. The Bertz CT molecular complexity index is 152. The topological polar surface area (TPSA) is 22.1 Å². The summed E-state index contributed by atoms with van der Waals surface area (Å²) in [6.45, 7) is 8.17. The van der Waals surface area contributed by atoms with Gasteiger partial charge in [-0.15, -0.1) is 0 Å². The van der Waals surface area contributed by atoms with E-state index in [-0.39, 0.29) is 0 Å². The highest BCUT2D eigenvalue weighted by atomic mass is 16.5. The largest absolute Gasteiger partial charge is 0.376 e. The zero-order valence-corrected chi connectivity index (χ0v) is 8.90. The molecule has 2 nitrogen and oxygen atoms in total. The maximum atomic E-state index is 5.25. The first-order valence-electron chi connectivity index (χ1n) is 4.63. The normalized spacial score (nSPS) is 9.69. The Labute approximate surface area is 81.0 Å². The van der Waals surface area contributed by atoms with Crippen LogP contribution in [0.1, 0.15) is 27.7 Å². The quantitative estimate of drug-likeness (QED) is 0.700. The third-order valence-electron chi connectivity index (χ3n) is 1.11. The minimum Gasteiger partial charge on any atom is -0.376 e. The first-order chi connectivity index (χ1) is 6.13. The van der Waals surface area contributed by atoms with Gasteiger partial charge >= 0.3 is 0 Å². The van der Waals surface area contributed by atoms with E-state index >= 15 is 0 Å². The van der Waals surface area contributed by atoms with E-state index < -0.39 is 0 Å². The van der Waals surface area contributed by atoms with E-state index in [0.29, 0.717) is 12.2 Å². The third-order valence-corrected chi connectivity index (χ3v) is 1.11. The maximum Gasteiger partial charge on any atom is 0.0522 e. The number of hydrogen-bond donors (Lipinski definition) is 0. The van der Waals surface area contributed by atoms with Crippen molar-refractivity contribution >= 4 is 0 Å². The van der Waals surface area contributed by atoms with Crippen molar-refractivity contribution in [3.63, 3.8) is 0 Å². The maximum absolute atomic E-state index is 5.25. The highest BCUT2D eigenvalue weighted by Crippen LogP contribution is 1.93. The van der Waals surface area contributed by atoms with Crippen LogP contribution < -0.4 is 0 Å². The molecule has 0 aliphatic heterocycles.